The van der Waals surface area contributed by atoms with Gasteiger partial charge >= 0.3 is 0 Å². The number of ether oxygens (including phenoxy) is 1. The molecule has 0 radical (unpaired) electrons. The molecular formula is C22H32O4. The predicted octanol–water partition coefficient (Wildman–Crippen LogP) is 4.23. The zero-order valence-corrected chi connectivity index (χ0v) is 16.7. The fourth-order valence-corrected chi connectivity index (χ4v) is 2.53. The van der Waals surface area contributed by atoms with Crippen molar-refractivity contribution in [2.75, 3.05) is 0 Å². The van der Waals surface area contributed by atoms with E-state index in [0.717, 1.165) is 12.0 Å². The summed E-state index contributed by atoms with van der Waals surface area (Å²) in [5.41, 5.74) is 1.41. The third kappa shape index (κ3) is 6.43. The lowest BCUT2D eigenvalue weighted by Gasteiger charge is -2.16. The lowest BCUT2D eigenvalue weighted by atomic mass is 9.96. The van der Waals surface area contributed by atoms with Crippen molar-refractivity contribution in [2.24, 2.45) is 11.8 Å². The summed E-state index contributed by atoms with van der Waals surface area (Å²) in [5, 5.41) is 20.1. The molecule has 4 nitrogen and oxygen atoms in total. The van der Waals surface area contributed by atoms with Crippen molar-refractivity contribution in [3.8, 4) is 0 Å². The minimum Gasteiger partial charge on any atom is -0.455 e. The molecule has 0 amide bonds. The number of Topliss-reactive ketones (excluding diaryl/α,β-unsaturated/α-hetero) is 1. The Bertz CT molecular complexity index is 645. The fourth-order valence-electron chi connectivity index (χ4n) is 2.53. The average Bonchev–Trinajstić information content (AvgIpc) is 2.77. The summed E-state index contributed by atoms with van der Waals surface area (Å²) in [7, 11) is 0. The van der Waals surface area contributed by atoms with E-state index in [9.17, 15) is 15.0 Å². The lowest BCUT2D eigenvalue weighted by molar-refractivity contribution is -0.168. The van der Waals surface area contributed by atoms with E-state index in [4.69, 9.17) is 4.74 Å². The topological polar surface area (TPSA) is 66.8 Å². The van der Waals surface area contributed by atoms with Crippen LogP contribution < -0.4 is 0 Å². The zero-order valence-electron chi connectivity index (χ0n) is 16.7. The molecule has 3 atom stereocenters. The summed E-state index contributed by atoms with van der Waals surface area (Å²) in [6.45, 7) is 11.2. The highest BCUT2D eigenvalue weighted by atomic mass is 16.6. The third-order valence-corrected chi connectivity index (χ3v) is 4.31. The van der Waals surface area contributed by atoms with E-state index in [1.54, 1.807) is 25.2 Å². The molecule has 1 heterocycles. The first-order valence-electron chi connectivity index (χ1n) is 9.09. The van der Waals surface area contributed by atoms with Gasteiger partial charge in [-0.05, 0) is 37.8 Å². The van der Waals surface area contributed by atoms with Gasteiger partial charge in [0.05, 0.1) is 6.10 Å². The van der Waals surface area contributed by atoms with Crippen molar-refractivity contribution in [1.29, 1.82) is 0 Å². The molecule has 144 valence electrons. The van der Waals surface area contributed by atoms with E-state index < -0.39 is 17.7 Å². The van der Waals surface area contributed by atoms with Crippen molar-refractivity contribution in [2.45, 2.75) is 59.9 Å². The molecule has 4 heteroatoms. The average molecular weight is 360 g/mol. The Morgan fingerprint density at radius 3 is 2.35 bits per heavy atom. The first kappa shape index (κ1) is 22.1. The normalized spacial score (nSPS) is 24.5. The summed E-state index contributed by atoms with van der Waals surface area (Å²) >= 11 is 0. The fraction of sp³-hybridized carbons (Fsp3) is 0.500. The minimum absolute atomic E-state index is 0.0166. The van der Waals surface area contributed by atoms with Crippen LogP contribution in [0.1, 0.15) is 48.0 Å². The van der Waals surface area contributed by atoms with Crippen LogP contribution in [-0.2, 0) is 9.53 Å². The highest BCUT2D eigenvalue weighted by Gasteiger charge is 2.41. The number of aliphatic hydroxyl groups is 2. The molecule has 0 saturated carbocycles. The van der Waals surface area contributed by atoms with Crippen LogP contribution in [0.25, 0.3) is 0 Å². The zero-order chi connectivity index (χ0) is 19.9. The first-order chi connectivity index (χ1) is 12.1. The first-order valence-corrected chi connectivity index (χ1v) is 9.09. The number of aliphatic hydroxyl groups excluding tert-OH is 1. The maximum Gasteiger partial charge on any atom is 0.269 e. The summed E-state index contributed by atoms with van der Waals surface area (Å²) < 4.78 is 5.22. The van der Waals surface area contributed by atoms with Crippen LogP contribution in [0.15, 0.2) is 59.4 Å². The second-order valence-electron chi connectivity index (χ2n) is 7.41. The van der Waals surface area contributed by atoms with E-state index in [0.29, 0.717) is 17.3 Å². The minimum atomic E-state index is -1.76. The Labute approximate surface area is 157 Å². The molecule has 1 aliphatic rings. The van der Waals surface area contributed by atoms with Crippen LogP contribution in [0.3, 0.4) is 0 Å². The summed E-state index contributed by atoms with van der Waals surface area (Å²) in [6.07, 6.45) is 13.5. The number of hydrogen-bond acceptors (Lipinski definition) is 4. The van der Waals surface area contributed by atoms with Gasteiger partial charge in [0.1, 0.15) is 5.76 Å². The third-order valence-electron chi connectivity index (χ3n) is 4.31. The van der Waals surface area contributed by atoms with Crippen molar-refractivity contribution in [3.63, 3.8) is 0 Å². The SMILES string of the molecule is CC(=CCC(C)C)C(O)C(C)C=CC=CC=CC1=C(C)C(=O)C(C)(O)O1. The highest BCUT2D eigenvalue weighted by Crippen LogP contribution is 2.28. The molecule has 0 bridgehead atoms. The van der Waals surface area contributed by atoms with Gasteiger partial charge in [0.15, 0.2) is 0 Å². The van der Waals surface area contributed by atoms with Crippen LogP contribution >= 0.6 is 0 Å². The molecule has 3 unspecified atom stereocenters. The van der Waals surface area contributed by atoms with Crippen LogP contribution in [-0.4, -0.2) is 27.9 Å². The molecule has 1 aliphatic heterocycles. The van der Waals surface area contributed by atoms with Crippen molar-refractivity contribution in [1.82, 2.24) is 0 Å². The van der Waals surface area contributed by atoms with E-state index in [1.807, 2.05) is 32.1 Å². The largest absolute Gasteiger partial charge is 0.455 e. The molecule has 0 aromatic heterocycles. The molecular weight excluding hydrogens is 328 g/mol. The summed E-state index contributed by atoms with van der Waals surface area (Å²) in [5.74, 6) is -1.20. The number of allylic oxidation sites excluding steroid dienone is 6. The molecule has 0 saturated heterocycles. The Hall–Kier alpha value is -1.91. The molecule has 2 N–H and O–H groups in total. The maximum atomic E-state index is 11.7. The van der Waals surface area contributed by atoms with Crippen molar-refractivity contribution < 1.29 is 19.7 Å². The van der Waals surface area contributed by atoms with Gasteiger partial charge < -0.3 is 14.9 Å². The van der Waals surface area contributed by atoms with Gasteiger partial charge in [-0.2, -0.15) is 0 Å². The van der Waals surface area contributed by atoms with Crippen LogP contribution in [0, 0.1) is 11.8 Å². The Kier molecular flexibility index (Phi) is 8.25. The smallest absolute Gasteiger partial charge is 0.269 e. The van der Waals surface area contributed by atoms with Gasteiger partial charge in [-0.15, -0.1) is 0 Å². The lowest BCUT2D eigenvalue weighted by Crippen LogP contribution is -2.32. The van der Waals surface area contributed by atoms with Gasteiger partial charge in [0, 0.05) is 18.4 Å². The van der Waals surface area contributed by atoms with E-state index in [-0.39, 0.29) is 5.92 Å². The monoisotopic (exact) mass is 360 g/mol. The van der Waals surface area contributed by atoms with Gasteiger partial charge in [-0.25, -0.2) is 0 Å². The Morgan fingerprint density at radius 2 is 1.81 bits per heavy atom. The van der Waals surface area contributed by atoms with Crippen LogP contribution in [0.2, 0.25) is 0 Å². The van der Waals surface area contributed by atoms with Crippen molar-refractivity contribution >= 4 is 5.78 Å². The second kappa shape index (κ2) is 9.70. The number of ketones is 1. The maximum absolute atomic E-state index is 11.7. The van der Waals surface area contributed by atoms with Crippen molar-refractivity contribution in [3.05, 3.63) is 59.4 Å². The molecule has 0 fully saturated rings. The van der Waals surface area contributed by atoms with Gasteiger partial charge in [-0.1, -0.05) is 57.2 Å². The van der Waals surface area contributed by atoms with E-state index >= 15 is 0 Å². The van der Waals surface area contributed by atoms with E-state index in [1.165, 1.54) is 6.92 Å². The quantitative estimate of drug-likeness (QED) is 0.502. The second-order valence-corrected chi connectivity index (χ2v) is 7.41. The molecule has 1 rings (SSSR count). The van der Waals surface area contributed by atoms with Crippen LogP contribution in [0.5, 0.6) is 0 Å². The summed E-state index contributed by atoms with van der Waals surface area (Å²) in [4.78, 5) is 11.7. The predicted molar refractivity (Wildman–Crippen MR) is 105 cm³/mol. The standard InChI is InChI=1S/C22H32O4/c1-15(2)13-14-17(4)20(23)16(3)11-9-7-8-10-12-19-18(5)21(24)22(6,25)26-19/h7-12,14-16,20,23,25H,13H2,1-6H3. The number of carbonyl (C=O) groups excluding carboxylic acids is 1. The number of carbonyl (C=O) groups is 1. The summed E-state index contributed by atoms with van der Waals surface area (Å²) in [6, 6.07) is 0. The van der Waals surface area contributed by atoms with E-state index in [2.05, 4.69) is 19.9 Å². The molecule has 0 aliphatic carbocycles. The molecule has 0 aromatic carbocycles. The van der Waals surface area contributed by atoms with Crippen LogP contribution in [0.4, 0.5) is 0 Å². The molecule has 26 heavy (non-hydrogen) atoms. The Balaban J connectivity index is 2.56. The Morgan fingerprint density at radius 1 is 1.19 bits per heavy atom. The van der Waals surface area contributed by atoms with Gasteiger partial charge in [-0.3, -0.25) is 4.79 Å². The number of rotatable bonds is 8. The number of hydrogen-bond donors (Lipinski definition) is 2. The molecule has 0 spiro atoms. The van der Waals surface area contributed by atoms with Gasteiger partial charge in [0.2, 0.25) is 5.78 Å². The van der Waals surface area contributed by atoms with Gasteiger partial charge in [0.25, 0.3) is 5.79 Å². The molecule has 0 aromatic rings. The highest BCUT2D eigenvalue weighted by molar-refractivity contribution is 6.02.